The highest BCUT2D eigenvalue weighted by Gasteiger charge is 2.16. The van der Waals surface area contributed by atoms with Crippen molar-refractivity contribution in [3.8, 4) is 6.07 Å². The van der Waals surface area contributed by atoms with Gasteiger partial charge in [-0.1, -0.05) is 29.8 Å². The maximum atomic E-state index is 12.1. The van der Waals surface area contributed by atoms with Gasteiger partial charge in [-0.15, -0.1) is 0 Å². The van der Waals surface area contributed by atoms with Crippen molar-refractivity contribution >= 4 is 34.8 Å². The van der Waals surface area contributed by atoms with Gasteiger partial charge in [0.25, 0.3) is 0 Å². The molecule has 0 aliphatic rings. The number of carbonyl (C=O) groups is 2. The molecule has 0 aliphatic heterocycles. The predicted octanol–water partition coefficient (Wildman–Crippen LogP) is 3.59. The van der Waals surface area contributed by atoms with E-state index in [0.29, 0.717) is 22.0 Å². The van der Waals surface area contributed by atoms with E-state index >= 15 is 0 Å². The summed E-state index contributed by atoms with van der Waals surface area (Å²) < 4.78 is 0. The van der Waals surface area contributed by atoms with E-state index in [0.717, 1.165) is 0 Å². The minimum absolute atomic E-state index is 0.103. The van der Waals surface area contributed by atoms with Crippen LogP contribution in [0.15, 0.2) is 48.5 Å². The Balaban J connectivity index is 2.05. The standard InChI is InChI=1S/C18H16ClN3O2/c1-13(23)22(17-8-3-2-5-14(17)12-20)10-9-18(24)21-16-7-4-6-15(19)11-16/h2-8,11H,9-10H2,1H3,(H,21,24). The molecule has 0 bridgehead atoms. The van der Waals surface area contributed by atoms with Gasteiger partial charge in [-0.2, -0.15) is 5.26 Å². The molecule has 2 aromatic rings. The van der Waals surface area contributed by atoms with Crippen LogP contribution in [0.4, 0.5) is 11.4 Å². The molecule has 0 unspecified atom stereocenters. The molecular formula is C18H16ClN3O2. The van der Waals surface area contributed by atoms with Crippen molar-refractivity contribution in [3.05, 3.63) is 59.1 Å². The summed E-state index contributed by atoms with van der Waals surface area (Å²) in [4.78, 5) is 25.4. The van der Waals surface area contributed by atoms with Gasteiger partial charge in [0.15, 0.2) is 0 Å². The van der Waals surface area contributed by atoms with Crippen molar-refractivity contribution < 1.29 is 9.59 Å². The van der Waals surface area contributed by atoms with Crippen LogP contribution in [0.2, 0.25) is 5.02 Å². The van der Waals surface area contributed by atoms with E-state index in [9.17, 15) is 9.59 Å². The normalized spacial score (nSPS) is 9.88. The van der Waals surface area contributed by atoms with Crippen molar-refractivity contribution in [2.75, 3.05) is 16.8 Å². The first-order valence-corrected chi connectivity index (χ1v) is 7.71. The summed E-state index contributed by atoms with van der Waals surface area (Å²) in [5.41, 5.74) is 1.49. The van der Waals surface area contributed by atoms with Crippen LogP contribution < -0.4 is 10.2 Å². The third-order valence-corrected chi connectivity index (χ3v) is 3.60. The Hall–Kier alpha value is -2.84. The summed E-state index contributed by atoms with van der Waals surface area (Å²) in [5.74, 6) is -0.466. The van der Waals surface area contributed by atoms with Crippen LogP contribution in [-0.2, 0) is 9.59 Å². The van der Waals surface area contributed by atoms with Crippen LogP contribution in [0.3, 0.4) is 0 Å². The van der Waals surface area contributed by atoms with Gasteiger partial charge < -0.3 is 10.2 Å². The number of nitriles is 1. The van der Waals surface area contributed by atoms with Gasteiger partial charge in [-0.05, 0) is 30.3 Å². The molecule has 2 aromatic carbocycles. The third kappa shape index (κ3) is 4.58. The Kier molecular flexibility index (Phi) is 5.94. The molecule has 0 radical (unpaired) electrons. The van der Waals surface area contributed by atoms with Crippen LogP contribution in [0.5, 0.6) is 0 Å². The number of nitrogens with one attached hydrogen (secondary N) is 1. The molecule has 0 aliphatic carbocycles. The Bertz CT molecular complexity index is 799. The summed E-state index contributed by atoms with van der Waals surface area (Å²) in [6.45, 7) is 1.59. The summed E-state index contributed by atoms with van der Waals surface area (Å²) in [6.07, 6.45) is 0.103. The molecule has 0 spiro atoms. The SMILES string of the molecule is CC(=O)N(CCC(=O)Nc1cccc(Cl)c1)c1ccccc1C#N. The third-order valence-electron chi connectivity index (χ3n) is 3.37. The largest absolute Gasteiger partial charge is 0.326 e. The Morgan fingerprint density at radius 2 is 1.96 bits per heavy atom. The van der Waals surface area contributed by atoms with Gasteiger partial charge in [0.1, 0.15) is 6.07 Å². The molecule has 2 amide bonds. The molecule has 5 nitrogen and oxygen atoms in total. The van der Waals surface area contributed by atoms with Crippen LogP contribution >= 0.6 is 11.6 Å². The molecule has 0 fully saturated rings. The molecule has 24 heavy (non-hydrogen) atoms. The molecule has 0 saturated heterocycles. The molecule has 6 heteroatoms. The van der Waals surface area contributed by atoms with Gasteiger partial charge in [0.2, 0.25) is 11.8 Å². The number of rotatable bonds is 5. The number of carbonyl (C=O) groups excluding carboxylic acids is 2. The lowest BCUT2D eigenvalue weighted by atomic mass is 10.1. The number of hydrogen-bond acceptors (Lipinski definition) is 3. The summed E-state index contributed by atoms with van der Waals surface area (Å²) in [7, 11) is 0. The fraction of sp³-hybridized carbons (Fsp3) is 0.167. The fourth-order valence-corrected chi connectivity index (χ4v) is 2.44. The van der Waals surface area contributed by atoms with Gasteiger partial charge in [-0.3, -0.25) is 9.59 Å². The lowest BCUT2D eigenvalue weighted by molar-refractivity contribution is -0.117. The van der Waals surface area contributed by atoms with E-state index in [4.69, 9.17) is 16.9 Å². The van der Waals surface area contributed by atoms with Crippen LogP contribution in [0.1, 0.15) is 18.9 Å². The van der Waals surface area contributed by atoms with Gasteiger partial charge in [-0.25, -0.2) is 0 Å². The first-order valence-electron chi connectivity index (χ1n) is 7.34. The summed E-state index contributed by atoms with van der Waals surface area (Å²) in [5, 5.41) is 12.4. The minimum atomic E-state index is -0.238. The molecule has 1 N–H and O–H groups in total. The predicted molar refractivity (Wildman–Crippen MR) is 93.9 cm³/mol. The van der Waals surface area contributed by atoms with E-state index in [1.54, 1.807) is 48.5 Å². The second-order valence-corrected chi connectivity index (χ2v) is 5.54. The van der Waals surface area contributed by atoms with Crippen molar-refractivity contribution in [1.29, 1.82) is 5.26 Å². The molecule has 0 atom stereocenters. The molecule has 0 aromatic heterocycles. The zero-order chi connectivity index (χ0) is 17.5. The fourth-order valence-electron chi connectivity index (χ4n) is 2.25. The van der Waals surface area contributed by atoms with E-state index in [-0.39, 0.29) is 24.8 Å². The lowest BCUT2D eigenvalue weighted by Crippen LogP contribution is -2.32. The monoisotopic (exact) mass is 341 g/mol. The van der Waals surface area contributed by atoms with Gasteiger partial charge in [0.05, 0.1) is 11.3 Å². The highest BCUT2D eigenvalue weighted by Crippen LogP contribution is 2.20. The van der Waals surface area contributed by atoms with E-state index in [2.05, 4.69) is 11.4 Å². The Morgan fingerprint density at radius 1 is 1.21 bits per heavy atom. The Labute approximate surface area is 145 Å². The van der Waals surface area contributed by atoms with Crippen molar-refractivity contribution in [1.82, 2.24) is 0 Å². The highest BCUT2D eigenvalue weighted by atomic mass is 35.5. The van der Waals surface area contributed by atoms with Crippen molar-refractivity contribution in [2.45, 2.75) is 13.3 Å². The quantitative estimate of drug-likeness (QED) is 0.903. The number of nitrogens with zero attached hydrogens (tertiary/aromatic N) is 2. The van der Waals surface area contributed by atoms with E-state index in [1.807, 2.05) is 0 Å². The first kappa shape index (κ1) is 17.5. The number of anilines is 2. The smallest absolute Gasteiger partial charge is 0.226 e. The van der Waals surface area contributed by atoms with Crippen molar-refractivity contribution in [2.24, 2.45) is 0 Å². The molecule has 0 heterocycles. The van der Waals surface area contributed by atoms with Gasteiger partial charge in [0, 0.05) is 30.6 Å². The Morgan fingerprint density at radius 3 is 2.62 bits per heavy atom. The average Bonchev–Trinajstić information content (AvgIpc) is 2.55. The number of halogens is 1. The van der Waals surface area contributed by atoms with Gasteiger partial charge >= 0.3 is 0 Å². The first-order chi connectivity index (χ1) is 11.5. The number of para-hydroxylation sites is 1. The summed E-state index contributed by atoms with van der Waals surface area (Å²) >= 11 is 5.88. The molecule has 0 saturated carbocycles. The molecule has 122 valence electrons. The van der Waals surface area contributed by atoms with Crippen LogP contribution in [-0.4, -0.2) is 18.4 Å². The molecular weight excluding hydrogens is 326 g/mol. The number of benzene rings is 2. The molecule has 2 rings (SSSR count). The number of hydrogen-bond donors (Lipinski definition) is 1. The topological polar surface area (TPSA) is 73.2 Å². The number of amides is 2. The van der Waals surface area contributed by atoms with Crippen LogP contribution in [0.25, 0.3) is 0 Å². The van der Waals surface area contributed by atoms with Crippen LogP contribution in [0, 0.1) is 11.3 Å². The maximum absolute atomic E-state index is 12.1. The van der Waals surface area contributed by atoms with E-state index < -0.39 is 0 Å². The average molecular weight is 342 g/mol. The zero-order valence-corrected chi connectivity index (χ0v) is 13.9. The zero-order valence-electron chi connectivity index (χ0n) is 13.1. The van der Waals surface area contributed by atoms with Crippen molar-refractivity contribution in [3.63, 3.8) is 0 Å². The van der Waals surface area contributed by atoms with E-state index in [1.165, 1.54) is 11.8 Å². The highest BCUT2D eigenvalue weighted by molar-refractivity contribution is 6.30. The second-order valence-electron chi connectivity index (χ2n) is 5.11. The lowest BCUT2D eigenvalue weighted by Gasteiger charge is -2.22. The minimum Gasteiger partial charge on any atom is -0.326 e. The second kappa shape index (κ2) is 8.14. The summed E-state index contributed by atoms with van der Waals surface area (Å²) in [6, 6.07) is 15.7. The maximum Gasteiger partial charge on any atom is 0.226 e.